The highest BCUT2D eigenvalue weighted by molar-refractivity contribution is 5.96. The van der Waals surface area contributed by atoms with Crippen LogP contribution in [0.1, 0.15) is 17.3 Å². The highest BCUT2D eigenvalue weighted by Crippen LogP contribution is 2.30. The number of hydrogen-bond acceptors (Lipinski definition) is 4. The first-order valence-corrected chi connectivity index (χ1v) is 6.76. The molecule has 0 unspecified atom stereocenters. The quantitative estimate of drug-likeness (QED) is 0.738. The van der Waals surface area contributed by atoms with Crippen LogP contribution in [0.2, 0.25) is 0 Å². The van der Waals surface area contributed by atoms with Gasteiger partial charge in [-0.05, 0) is 37.3 Å². The molecule has 0 spiro atoms. The van der Waals surface area contributed by atoms with Gasteiger partial charge in [0.05, 0.1) is 23.7 Å². The zero-order valence-electron chi connectivity index (χ0n) is 12.1. The maximum atomic E-state index is 11.6. The van der Waals surface area contributed by atoms with Gasteiger partial charge in [-0.15, -0.1) is 0 Å². The fourth-order valence-corrected chi connectivity index (χ4v) is 1.96. The first-order chi connectivity index (χ1) is 10.2. The van der Waals surface area contributed by atoms with Gasteiger partial charge >= 0.3 is 0 Å². The number of hydrogen-bond donors (Lipinski definition) is 3. The molecular weight excluding hydrogens is 266 g/mol. The van der Waals surface area contributed by atoms with Crippen molar-refractivity contribution in [1.29, 1.82) is 0 Å². The highest BCUT2D eigenvalue weighted by atomic mass is 16.5. The number of ether oxygens (including phenoxy) is 1. The van der Waals surface area contributed by atoms with Gasteiger partial charge in [0.2, 0.25) is 0 Å². The molecule has 0 fully saturated rings. The lowest BCUT2D eigenvalue weighted by Gasteiger charge is -2.14. The van der Waals surface area contributed by atoms with E-state index < -0.39 is 0 Å². The molecule has 5 nitrogen and oxygen atoms in total. The van der Waals surface area contributed by atoms with Crippen LogP contribution in [0, 0.1) is 0 Å². The van der Waals surface area contributed by atoms with Gasteiger partial charge in [0.25, 0.3) is 5.91 Å². The molecule has 2 aromatic carbocycles. The SMILES string of the molecule is CCOc1ccccc1Nc1ccc(C(=O)NC)cc1N. The molecule has 0 aliphatic heterocycles. The highest BCUT2D eigenvalue weighted by Gasteiger charge is 2.08. The minimum absolute atomic E-state index is 0.164. The Morgan fingerprint density at radius 1 is 1.19 bits per heavy atom. The molecule has 1 amide bonds. The summed E-state index contributed by atoms with van der Waals surface area (Å²) in [5.41, 5.74) is 8.59. The Morgan fingerprint density at radius 3 is 2.62 bits per heavy atom. The number of para-hydroxylation sites is 2. The number of carbonyl (C=O) groups excluding carboxylic acids is 1. The zero-order valence-corrected chi connectivity index (χ0v) is 12.1. The Kier molecular flexibility index (Phi) is 4.66. The number of nitrogens with one attached hydrogen (secondary N) is 2. The molecule has 21 heavy (non-hydrogen) atoms. The van der Waals surface area contributed by atoms with E-state index in [9.17, 15) is 4.79 Å². The number of nitrogens with two attached hydrogens (primary N) is 1. The summed E-state index contributed by atoms with van der Waals surface area (Å²) in [6.07, 6.45) is 0. The van der Waals surface area contributed by atoms with Crippen LogP contribution >= 0.6 is 0 Å². The van der Waals surface area contributed by atoms with Crippen molar-refractivity contribution in [2.75, 3.05) is 24.7 Å². The van der Waals surface area contributed by atoms with Crippen LogP contribution < -0.4 is 21.1 Å². The molecule has 0 saturated heterocycles. The van der Waals surface area contributed by atoms with Gasteiger partial charge in [-0.1, -0.05) is 12.1 Å². The van der Waals surface area contributed by atoms with Crippen LogP contribution in [0.4, 0.5) is 17.1 Å². The van der Waals surface area contributed by atoms with E-state index in [1.165, 1.54) is 0 Å². The third-order valence-electron chi connectivity index (χ3n) is 3.00. The van der Waals surface area contributed by atoms with Crippen LogP contribution in [-0.2, 0) is 0 Å². The zero-order chi connectivity index (χ0) is 15.2. The van der Waals surface area contributed by atoms with Crippen molar-refractivity contribution < 1.29 is 9.53 Å². The maximum absolute atomic E-state index is 11.6. The molecular formula is C16H19N3O2. The van der Waals surface area contributed by atoms with Gasteiger partial charge in [0.1, 0.15) is 5.75 Å². The van der Waals surface area contributed by atoms with Crippen LogP contribution in [0.25, 0.3) is 0 Å². The Hall–Kier alpha value is -2.69. The Labute approximate surface area is 124 Å². The molecule has 0 atom stereocenters. The van der Waals surface area contributed by atoms with Gasteiger partial charge in [0.15, 0.2) is 0 Å². The smallest absolute Gasteiger partial charge is 0.251 e. The lowest BCUT2D eigenvalue weighted by molar-refractivity contribution is 0.0963. The summed E-state index contributed by atoms with van der Waals surface area (Å²) in [7, 11) is 1.59. The van der Waals surface area contributed by atoms with Crippen LogP contribution in [0.15, 0.2) is 42.5 Å². The van der Waals surface area contributed by atoms with Crippen molar-refractivity contribution >= 4 is 23.0 Å². The van der Waals surface area contributed by atoms with Gasteiger partial charge < -0.3 is 21.1 Å². The second-order valence-electron chi connectivity index (χ2n) is 4.44. The van der Waals surface area contributed by atoms with E-state index in [0.717, 1.165) is 17.1 Å². The molecule has 2 rings (SSSR count). The van der Waals surface area contributed by atoms with Crippen LogP contribution in [0.5, 0.6) is 5.75 Å². The van der Waals surface area contributed by atoms with Gasteiger partial charge in [-0.2, -0.15) is 0 Å². The average Bonchev–Trinajstić information content (AvgIpc) is 2.50. The molecule has 5 heteroatoms. The molecule has 4 N–H and O–H groups in total. The van der Waals surface area contributed by atoms with Crippen molar-refractivity contribution in [3.8, 4) is 5.75 Å². The average molecular weight is 285 g/mol. The Morgan fingerprint density at radius 2 is 1.95 bits per heavy atom. The van der Waals surface area contributed by atoms with E-state index in [2.05, 4.69) is 10.6 Å². The number of rotatable bonds is 5. The Balaban J connectivity index is 2.26. The number of amides is 1. The third kappa shape index (κ3) is 3.45. The largest absolute Gasteiger partial charge is 0.492 e. The minimum Gasteiger partial charge on any atom is -0.492 e. The number of nitrogen functional groups attached to an aromatic ring is 1. The van der Waals surface area contributed by atoms with Gasteiger partial charge in [-0.3, -0.25) is 4.79 Å². The van der Waals surface area contributed by atoms with E-state index in [-0.39, 0.29) is 5.91 Å². The summed E-state index contributed by atoms with van der Waals surface area (Å²) in [4.78, 5) is 11.6. The summed E-state index contributed by atoms with van der Waals surface area (Å²) in [5, 5.41) is 5.80. The van der Waals surface area contributed by atoms with Gasteiger partial charge in [-0.25, -0.2) is 0 Å². The fraction of sp³-hybridized carbons (Fsp3) is 0.188. The molecule has 110 valence electrons. The normalized spacial score (nSPS) is 10.0. The number of anilines is 3. The molecule has 0 aliphatic rings. The first-order valence-electron chi connectivity index (χ1n) is 6.76. The monoisotopic (exact) mass is 285 g/mol. The van der Waals surface area contributed by atoms with Crippen molar-refractivity contribution in [1.82, 2.24) is 5.32 Å². The number of carbonyl (C=O) groups is 1. The standard InChI is InChI=1S/C16H19N3O2/c1-3-21-15-7-5-4-6-14(15)19-13-9-8-11(10-12(13)17)16(20)18-2/h4-10,19H,3,17H2,1-2H3,(H,18,20). The fourth-order valence-electron chi connectivity index (χ4n) is 1.96. The Bertz CT molecular complexity index is 641. The van der Waals surface area contributed by atoms with E-state index in [0.29, 0.717) is 17.9 Å². The van der Waals surface area contributed by atoms with E-state index in [1.807, 2.05) is 31.2 Å². The van der Waals surface area contributed by atoms with Crippen LogP contribution in [-0.4, -0.2) is 19.6 Å². The molecule has 0 radical (unpaired) electrons. The molecule has 0 aliphatic carbocycles. The number of benzene rings is 2. The maximum Gasteiger partial charge on any atom is 0.251 e. The van der Waals surface area contributed by atoms with Crippen molar-refractivity contribution in [3.05, 3.63) is 48.0 Å². The van der Waals surface area contributed by atoms with Crippen molar-refractivity contribution in [3.63, 3.8) is 0 Å². The minimum atomic E-state index is -0.164. The molecule has 2 aromatic rings. The lowest BCUT2D eigenvalue weighted by Crippen LogP contribution is -2.18. The van der Waals surface area contributed by atoms with Crippen molar-refractivity contribution in [2.45, 2.75) is 6.92 Å². The third-order valence-corrected chi connectivity index (χ3v) is 3.00. The second-order valence-corrected chi connectivity index (χ2v) is 4.44. The van der Waals surface area contributed by atoms with Crippen molar-refractivity contribution in [2.24, 2.45) is 0 Å². The predicted octanol–water partition coefficient (Wildman–Crippen LogP) is 2.77. The first kappa shape index (κ1) is 14.7. The summed E-state index contributed by atoms with van der Waals surface area (Å²) in [6.45, 7) is 2.52. The van der Waals surface area contributed by atoms with Gasteiger partial charge in [0, 0.05) is 12.6 Å². The topological polar surface area (TPSA) is 76.4 Å². The lowest BCUT2D eigenvalue weighted by atomic mass is 10.1. The van der Waals surface area contributed by atoms with E-state index in [1.54, 1.807) is 25.2 Å². The molecule has 0 bridgehead atoms. The summed E-state index contributed by atoms with van der Waals surface area (Å²) < 4.78 is 5.56. The second kappa shape index (κ2) is 6.65. The molecule has 0 heterocycles. The summed E-state index contributed by atoms with van der Waals surface area (Å²) in [6, 6.07) is 12.8. The van der Waals surface area contributed by atoms with E-state index >= 15 is 0 Å². The van der Waals surface area contributed by atoms with Crippen LogP contribution in [0.3, 0.4) is 0 Å². The molecule has 0 aromatic heterocycles. The molecule has 0 saturated carbocycles. The predicted molar refractivity (Wildman–Crippen MR) is 85.1 cm³/mol. The summed E-state index contributed by atoms with van der Waals surface area (Å²) in [5.74, 6) is 0.595. The summed E-state index contributed by atoms with van der Waals surface area (Å²) >= 11 is 0. The van der Waals surface area contributed by atoms with E-state index in [4.69, 9.17) is 10.5 Å².